The molecule has 0 aromatic heterocycles. The quantitative estimate of drug-likeness (QED) is 0.558. The van der Waals surface area contributed by atoms with Crippen molar-refractivity contribution in [2.45, 2.75) is 18.9 Å². The Kier molecular flexibility index (Phi) is 3.51. The summed E-state index contributed by atoms with van der Waals surface area (Å²) in [5.74, 6) is -0.677. The van der Waals surface area contributed by atoms with Crippen LogP contribution in [-0.2, 0) is 9.53 Å². The van der Waals surface area contributed by atoms with Crippen LogP contribution in [0.4, 0.5) is 0 Å². The number of carbonyl (C=O) groups excluding carboxylic acids is 1. The van der Waals surface area contributed by atoms with Gasteiger partial charge in [0.05, 0.1) is 17.4 Å². The molecule has 14 heavy (non-hydrogen) atoms. The van der Waals surface area contributed by atoms with Gasteiger partial charge in [-0.25, -0.2) is 0 Å². The molecule has 0 spiro atoms. The maximum absolute atomic E-state index is 11.1. The second-order valence-corrected chi connectivity index (χ2v) is 4.58. The van der Waals surface area contributed by atoms with Crippen LogP contribution in [0.2, 0.25) is 0 Å². The van der Waals surface area contributed by atoms with Crippen molar-refractivity contribution in [3.05, 3.63) is 22.2 Å². The molecule has 1 saturated heterocycles. The molecule has 1 rings (SSSR count). The molecule has 0 aromatic rings. The first-order valence-corrected chi connectivity index (χ1v) is 5.10. The van der Waals surface area contributed by atoms with Crippen molar-refractivity contribution < 1.29 is 9.53 Å². The SMILES string of the molecule is C=CC1(C)OC(=O)CC1C(Cl)=C(Cl)Cl. The first-order chi connectivity index (χ1) is 6.40. The molecule has 1 heterocycles. The standard InChI is InChI=1S/C9H9Cl3O2/c1-3-9(2)5(4-6(13)14-9)7(10)8(11)12/h3,5H,1,4H2,2H3. The van der Waals surface area contributed by atoms with E-state index in [1.165, 1.54) is 6.08 Å². The predicted octanol–water partition coefficient (Wildman–Crippen LogP) is 3.38. The summed E-state index contributed by atoms with van der Waals surface area (Å²) < 4.78 is 5.05. The summed E-state index contributed by atoms with van der Waals surface area (Å²) in [6, 6.07) is 0. The molecule has 78 valence electrons. The van der Waals surface area contributed by atoms with Crippen molar-refractivity contribution in [2.75, 3.05) is 0 Å². The minimum absolute atomic E-state index is 0.0389. The Balaban J connectivity index is 3.05. The van der Waals surface area contributed by atoms with Gasteiger partial charge >= 0.3 is 5.97 Å². The average molecular weight is 256 g/mol. The monoisotopic (exact) mass is 254 g/mol. The number of hydrogen-bond donors (Lipinski definition) is 0. The summed E-state index contributed by atoms with van der Waals surface area (Å²) in [5, 5.41) is 0.238. The second kappa shape index (κ2) is 4.13. The summed E-state index contributed by atoms with van der Waals surface area (Å²) in [5.41, 5.74) is -0.816. The molecule has 0 radical (unpaired) electrons. The normalized spacial score (nSPS) is 31.1. The maximum Gasteiger partial charge on any atom is 0.307 e. The van der Waals surface area contributed by atoms with Gasteiger partial charge in [-0.15, -0.1) is 0 Å². The summed E-state index contributed by atoms with van der Waals surface area (Å²) in [6.45, 7) is 5.31. The third-order valence-corrected chi connectivity index (χ3v) is 3.34. The molecular formula is C9H9Cl3O2. The molecule has 2 atom stereocenters. The Morgan fingerprint density at radius 3 is 2.64 bits per heavy atom. The highest BCUT2D eigenvalue weighted by molar-refractivity contribution is 6.59. The summed E-state index contributed by atoms with van der Waals surface area (Å²) in [4.78, 5) is 11.1. The molecule has 1 aliphatic rings. The Hall–Kier alpha value is -0.180. The molecule has 2 nitrogen and oxygen atoms in total. The summed E-state index contributed by atoms with van der Waals surface area (Å²) in [7, 11) is 0. The molecule has 0 aromatic carbocycles. The fourth-order valence-corrected chi connectivity index (χ4v) is 1.94. The van der Waals surface area contributed by atoms with Crippen molar-refractivity contribution in [3.8, 4) is 0 Å². The topological polar surface area (TPSA) is 26.3 Å². The fraction of sp³-hybridized carbons (Fsp3) is 0.444. The Morgan fingerprint density at radius 1 is 1.64 bits per heavy atom. The van der Waals surface area contributed by atoms with Crippen LogP contribution in [0.1, 0.15) is 13.3 Å². The van der Waals surface area contributed by atoms with Crippen molar-refractivity contribution in [1.82, 2.24) is 0 Å². The lowest BCUT2D eigenvalue weighted by molar-refractivity contribution is -0.144. The number of carbonyl (C=O) groups is 1. The Bertz CT molecular complexity index is 307. The van der Waals surface area contributed by atoms with E-state index in [0.29, 0.717) is 0 Å². The van der Waals surface area contributed by atoms with Gasteiger partial charge in [0.25, 0.3) is 0 Å². The lowest BCUT2D eigenvalue weighted by atomic mass is 9.89. The van der Waals surface area contributed by atoms with Crippen LogP contribution < -0.4 is 0 Å². The van der Waals surface area contributed by atoms with Crippen LogP contribution in [0.15, 0.2) is 22.2 Å². The molecule has 1 fully saturated rings. The molecular weight excluding hydrogens is 246 g/mol. The highest BCUT2D eigenvalue weighted by Gasteiger charge is 2.45. The van der Waals surface area contributed by atoms with Gasteiger partial charge in [0.15, 0.2) is 0 Å². The van der Waals surface area contributed by atoms with Crippen LogP contribution in [0, 0.1) is 5.92 Å². The largest absolute Gasteiger partial charge is 0.454 e. The van der Waals surface area contributed by atoms with Gasteiger partial charge in [-0.2, -0.15) is 0 Å². The van der Waals surface area contributed by atoms with Crippen molar-refractivity contribution >= 4 is 40.8 Å². The lowest BCUT2D eigenvalue weighted by Gasteiger charge is -2.25. The van der Waals surface area contributed by atoms with Crippen LogP contribution >= 0.6 is 34.8 Å². The van der Waals surface area contributed by atoms with Gasteiger partial charge in [-0.05, 0) is 13.0 Å². The average Bonchev–Trinajstić information content (AvgIpc) is 2.41. The smallest absolute Gasteiger partial charge is 0.307 e. The summed E-state index contributed by atoms with van der Waals surface area (Å²) in [6.07, 6.45) is 1.70. The Morgan fingerprint density at radius 2 is 2.21 bits per heavy atom. The molecule has 0 N–H and O–H groups in total. The number of rotatable bonds is 2. The molecule has 0 saturated carbocycles. The maximum atomic E-state index is 11.1. The lowest BCUT2D eigenvalue weighted by Crippen LogP contribution is -2.29. The molecule has 1 aliphatic heterocycles. The third kappa shape index (κ3) is 2.08. The minimum atomic E-state index is -0.816. The number of halogens is 3. The van der Waals surface area contributed by atoms with Crippen LogP contribution in [-0.4, -0.2) is 11.6 Å². The van der Waals surface area contributed by atoms with E-state index < -0.39 is 5.60 Å². The van der Waals surface area contributed by atoms with E-state index in [-0.39, 0.29) is 27.8 Å². The van der Waals surface area contributed by atoms with Gasteiger partial charge < -0.3 is 4.74 Å². The number of esters is 1. The van der Waals surface area contributed by atoms with Gasteiger partial charge in [0.1, 0.15) is 10.1 Å². The first kappa shape index (κ1) is 11.9. The molecule has 0 amide bonds. The van der Waals surface area contributed by atoms with E-state index in [4.69, 9.17) is 39.5 Å². The fourth-order valence-electron chi connectivity index (χ4n) is 1.38. The van der Waals surface area contributed by atoms with Gasteiger partial charge in [-0.3, -0.25) is 4.79 Å². The molecule has 2 unspecified atom stereocenters. The van der Waals surface area contributed by atoms with E-state index in [1.807, 2.05) is 0 Å². The van der Waals surface area contributed by atoms with Gasteiger partial charge in [0.2, 0.25) is 0 Å². The van der Waals surface area contributed by atoms with E-state index >= 15 is 0 Å². The van der Waals surface area contributed by atoms with E-state index in [0.717, 1.165) is 0 Å². The minimum Gasteiger partial charge on any atom is -0.454 e. The van der Waals surface area contributed by atoms with Crippen molar-refractivity contribution in [1.29, 1.82) is 0 Å². The molecule has 0 bridgehead atoms. The van der Waals surface area contributed by atoms with Gasteiger partial charge in [-0.1, -0.05) is 41.4 Å². The van der Waals surface area contributed by atoms with Crippen LogP contribution in [0.5, 0.6) is 0 Å². The van der Waals surface area contributed by atoms with E-state index in [9.17, 15) is 4.79 Å². The zero-order valence-electron chi connectivity index (χ0n) is 7.52. The second-order valence-electron chi connectivity index (χ2n) is 3.23. The molecule has 0 aliphatic carbocycles. The van der Waals surface area contributed by atoms with Gasteiger partial charge in [0, 0.05) is 0 Å². The number of cyclic esters (lactones) is 1. The van der Waals surface area contributed by atoms with E-state index in [2.05, 4.69) is 6.58 Å². The zero-order valence-corrected chi connectivity index (χ0v) is 9.79. The number of hydrogen-bond acceptors (Lipinski definition) is 2. The highest BCUT2D eigenvalue weighted by atomic mass is 35.5. The third-order valence-electron chi connectivity index (χ3n) is 2.29. The van der Waals surface area contributed by atoms with Crippen molar-refractivity contribution in [3.63, 3.8) is 0 Å². The first-order valence-electron chi connectivity index (χ1n) is 3.97. The molecule has 5 heteroatoms. The van der Waals surface area contributed by atoms with Crippen LogP contribution in [0.3, 0.4) is 0 Å². The predicted molar refractivity (Wildman–Crippen MR) is 57.4 cm³/mol. The van der Waals surface area contributed by atoms with E-state index in [1.54, 1.807) is 6.92 Å². The van der Waals surface area contributed by atoms with Crippen LogP contribution in [0.25, 0.3) is 0 Å². The summed E-state index contributed by atoms with van der Waals surface area (Å²) >= 11 is 17.0. The Labute approximate surface area is 97.5 Å². The van der Waals surface area contributed by atoms with Crippen molar-refractivity contribution in [2.24, 2.45) is 5.92 Å². The number of ether oxygens (including phenoxy) is 1. The highest BCUT2D eigenvalue weighted by Crippen LogP contribution is 2.42. The zero-order chi connectivity index (χ0) is 10.9.